The zero-order valence-corrected chi connectivity index (χ0v) is 15.5. The van der Waals surface area contributed by atoms with E-state index in [1.165, 1.54) is 0 Å². The highest BCUT2D eigenvalue weighted by Crippen LogP contribution is 2.27. The number of hydrogen-bond acceptors (Lipinski definition) is 6. The molecule has 0 radical (unpaired) electrons. The van der Waals surface area contributed by atoms with Gasteiger partial charge in [0.15, 0.2) is 11.5 Å². The molecule has 0 bridgehead atoms. The van der Waals surface area contributed by atoms with Gasteiger partial charge >= 0.3 is 0 Å². The fraction of sp³-hybridized carbons (Fsp3) is 0.400. The van der Waals surface area contributed by atoms with Crippen LogP contribution in [-0.2, 0) is 6.42 Å². The second-order valence-electron chi connectivity index (χ2n) is 5.79. The lowest BCUT2D eigenvalue weighted by Gasteiger charge is -2.14. The molecule has 0 saturated heterocycles. The smallest absolute Gasteiger partial charge is 0.160 e. The molecular formula is C20H27NO5. The van der Waals surface area contributed by atoms with E-state index in [9.17, 15) is 5.11 Å². The molecule has 0 aliphatic rings. The molecule has 0 saturated carbocycles. The van der Waals surface area contributed by atoms with E-state index in [-0.39, 0.29) is 6.61 Å². The van der Waals surface area contributed by atoms with Crippen LogP contribution in [0.4, 0.5) is 0 Å². The number of nitrogens with one attached hydrogen (secondary N) is 1. The Hall–Kier alpha value is -2.44. The van der Waals surface area contributed by atoms with Crippen LogP contribution in [0.25, 0.3) is 0 Å². The number of ether oxygens (including phenoxy) is 4. The predicted octanol–water partition coefficient (Wildman–Crippen LogP) is 2.28. The quantitative estimate of drug-likeness (QED) is 0.599. The van der Waals surface area contributed by atoms with Gasteiger partial charge in [0.05, 0.1) is 21.3 Å². The average molecular weight is 361 g/mol. The summed E-state index contributed by atoms with van der Waals surface area (Å²) >= 11 is 0. The van der Waals surface area contributed by atoms with Gasteiger partial charge < -0.3 is 29.4 Å². The van der Waals surface area contributed by atoms with Crippen LogP contribution < -0.4 is 24.3 Å². The van der Waals surface area contributed by atoms with Crippen molar-refractivity contribution in [1.29, 1.82) is 0 Å². The second kappa shape index (κ2) is 10.5. The summed E-state index contributed by atoms with van der Waals surface area (Å²) in [4.78, 5) is 0. The zero-order valence-electron chi connectivity index (χ0n) is 15.5. The fourth-order valence-corrected chi connectivity index (χ4v) is 2.48. The molecule has 26 heavy (non-hydrogen) atoms. The van der Waals surface area contributed by atoms with Gasteiger partial charge in [-0.2, -0.15) is 0 Å². The van der Waals surface area contributed by atoms with Gasteiger partial charge in [-0.05, 0) is 42.8 Å². The van der Waals surface area contributed by atoms with Crippen molar-refractivity contribution in [2.24, 2.45) is 0 Å². The van der Waals surface area contributed by atoms with Crippen molar-refractivity contribution in [3.63, 3.8) is 0 Å². The molecule has 0 fully saturated rings. The van der Waals surface area contributed by atoms with Crippen LogP contribution in [0.5, 0.6) is 23.0 Å². The van der Waals surface area contributed by atoms with Gasteiger partial charge in [-0.25, -0.2) is 0 Å². The van der Waals surface area contributed by atoms with Gasteiger partial charge in [0.2, 0.25) is 0 Å². The van der Waals surface area contributed by atoms with Crippen molar-refractivity contribution in [3.05, 3.63) is 48.0 Å². The van der Waals surface area contributed by atoms with E-state index in [2.05, 4.69) is 5.32 Å². The maximum absolute atomic E-state index is 10.0. The first-order valence-corrected chi connectivity index (χ1v) is 8.52. The first kappa shape index (κ1) is 19.9. The lowest BCUT2D eigenvalue weighted by molar-refractivity contribution is 0.106. The molecule has 0 spiro atoms. The lowest BCUT2D eigenvalue weighted by atomic mass is 10.1. The maximum atomic E-state index is 10.0. The molecule has 2 rings (SSSR count). The highest BCUT2D eigenvalue weighted by atomic mass is 16.5. The summed E-state index contributed by atoms with van der Waals surface area (Å²) in [6.45, 7) is 1.42. The third kappa shape index (κ3) is 6.13. The molecule has 0 aliphatic heterocycles. The van der Waals surface area contributed by atoms with E-state index >= 15 is 0 Å². The number of methoxy groups -OCH3 is 3. The molecule has 0 aromatic heterocycles. The van der Waals surface area contributed by atoms with Crippen LogP contribution >= 0.6 is 0 Å². The number of rotatable bonds is 11. The molecule has 0 heterocycles. The van der Waals surface area contributed by atoms with E-state index < -0.39 is 6.10 Å². The minimum atomic E-state index is -0.591. The summed E-state index contributed by atoms with van der Waals surface area (Å²) < 4.78 is 21.3. The molecule has 2 aromatic rings. The maximum Gasteiger partial charge on any atom is 0.160 e. The number of hydrogen-bond donors (Lipinski definition) is 2. The molecular weight excluding hydrogens is 334 g/mol. The summed E-state index contributed by atoms with van der Waals surface area (Å²) in [7, 11) is 4.85. The number of aliphatic hydroxyl groups excluding tert-OH is 1. The van der Waals surface area contributed by atoms with Crippen LogP contribution in [-0.4, -0.2) is 52.2 Å². The van der Waals surface area contributed by atoms with Gasteiger partial charge in [-0.15, -0.1) is 0 Å². The van der Waals surface area contributed by atoms with Crippen LogP contribution in [0.2, 0.25) is 0 Å². The Morgan fingerprint density at radius 2 is 1.69 bits per heavy atom. The van der Waals surface area contributed by atoms with Crippen LogP contribution in [0.1, 0.15) is 5.56 Å². The molecule has 0 aliphatic carbocycles. The molecule has 6 heteroatoms. The van der Waals surface area contributed by atoms with Crippen molar-refractivity contribution < 1.29 is 24.1 Å². The van der Waals surface area contributed by atoms with Crippen LogP contribution in [0, 0.1) is 0 Å². The Morgan fingerprint density at radius 3 is 2.42 bits per heavy atom. The van der Waals surface area contributed by atoms with Gasteiger partial charge in [0, 0.05) is 12.6 Å². The summed E-state index contributed by atoms with van der Waals surface area (Å²) in [5.74, 6) is 2.84. The molecule has 2 aromatic carbocycles. The molecule has 6 nitrogen and oxygen atoms in total. The van der Waals surface area contributed by atoms with E-state index in [1.807, 2.05) is 36.4 Å². The average Bonchev–Trinajstić information content (AvgIpc) is 2.69. The third-order valence-electron chi connectivity index (χ3n) is 3.90. The summed E-state index contributed by atoms with van der Waals surface area (Å²) in [6.07, 6.45) is 0.232. The molecule has 0 amide bonds. The Balaban J connectivity index is 1.69. The Labute approximate surface area is 154 Å². The van der Waals surface area contributed by atoms with E-state index in [0.717, 1.165) is 30.0 Å². The van der Waals surface area contributed by atoms with Crippen molar-refractivity contribution in [2.75, 3.05) is 41.0 Å². The number of benzene rings is 2. The van der Waals surface area contributed by atoms with Crippen molar-refractivity contribution in [1.82, 2.24) is 5.32 Å². The van der Waals surface area contributed by atoms with Crippen LogP contribution in [0.3, 0.4) is 0 Å². The molecule has 2 N–H and O–H groups in total. The zero-order chi connectivity index (χ0) is 18.8. The molecule has 1 atom stereocenters. The Kier molecular flexibility index (Phi) is 8.05. The Bertz CT molecular complexity index is 677. The van der Waals surface area contributed by atoms with Crippen molar-refractivity contribution in [2.45, 2.75) is 12.5 Å². The van der Waals surface area contributed by atoms with E-state index in [1.54, 1.807) is 27.4 Å². The molecule has 142 valence electrons. The highest BCUT2D eigenvalue weighted by Gasteiger charge is 2.07. The summed E-state index contributed by atoms with van der Waals surface area (Å²) in [6, 6.07) is 13.2. The van der Waals surface area contributed by atoms with Crippen molar-refractivity contribution in [3.8, 4) is 23.0 Å². The minimum Gasteiger partial charge on any atom is -0.497 e. The van der Waals surface area contributed by atoms with Crippen LogP contribution in [0.15, 0.2) is 42.5 Å². The summed E-state index contributed by atoms with van der Waals surface area (Å²) in [5, 5.41) is 13.3. The number of aliphatic hydroxyl groups is 1. The topological polar surface area (TPSA) is 69.2 Å². The van der Waals surface area contributed by atoms with E-state index in [0.29, 0.717) is 18.0 Å². The third-order valence-corrected chi connectivity index (χ3v) is 3.90. The minimum absolute atomic E-state index is 0.219. The van der Waals surface area contributed by atoms with Gasteiger partial charge in [0.25, 0.3) is 0 Å². The van der Waals surface area contributed by atoms with Gasteiger partial charge in [-0.3, -0.25) is 0 Å². The lowest BCUT2D eigenvalue weighted by Crippen LogP contribution is -2.32. The second-order valence-corrected chi connectivity index (χ2v) is 5.79. The van der Waals surface area contributed by atoms with Crippen molar-refractivity contribution >= 4 is 0 Å². The fourth-order valence-electron chi connectivity index (χ4n) is 2.48. The monoisotopic (exact) mass is 361 g/mol. The Morgan fingerprint density at radius 1 is 0.923 bits per heavy atom. The first-order chi connectivity index (χ1) is 12.7. The largest absolute Gasteiger partial charge is 0.497 e. The van der Waals surface area contributed by atoms with Gasteiger partial charge in [0.1, 0.15) is 24.2 Å². The molecule has 1 unspecified atom stereocenters. The SMILES string of the molecule is COc1cccc(OCC(O)CNCCc2ccc(OC)c(OC)c2)c1. The van der Waals surface area contributed by atoms with E-state index in [4.69, 9.17) is 18.9 Å². The standard InChI is InChI=1S/C20H27NO5/c1-23-17-5-4-6-18(12-17)26-14-16(22)13-21-10-9-15-7-8-19(24-2)20(11-15)25-3/h4-8,11-12,16,21-22H,9-10,13-14H2,1-3H3. The summed E-state index contributed by atoms with van der Waals surface area (Å²) in [5.41, 5.74) is 1.14. The normalized spacial score (nSPS) is 11.7. The predicted molar refractivity (Wildman–Crippen MR) is 101 cm³/mol. The van der Waals surface area contributed by atoms with Gasteiger partial charge in [-0.1, -0.05) is 12.1 Å². The first-order valence-electron chi connectivity index (χ1n) is 8.52. The highest BCUT2D eigenvalue weighted by molar-refractivity contribution is 5.42.